The number of likely N-dealkylation sites (tertiary alicyclic amines) is 2. The van der Waals surface area contributed by atoms with E-state index in [1.165, 1.54) is 0 Å². The lowest BCUT2D eigenvalue weighted by molar-refractivity contribution is -0.120. The smallest absolute Gasteiger partial charge is 0.272 e. The SMILES string of the molecule is CC(=O)NC1CCN(C[C@]2(O)CCCN(C(=O)c3ccnc(C)n3)CC2)CC1. The zero-order valence-corrected chi connectivity index (χ0v) is 16.9. The second-order valence-electron chi connectivity index (χ2n) is 8.11. The fourth-order valence-electron chi connectivity index (χ4n) is 4.22. The van der Waals surface area contributed by atoms with Crippen LogP contribution in [-0.2, 0) is 4.79 Å². The Morgan fingerprint density at radius 2 is 2.00 bits per heavy atom. The van der Waals surface area contributed by atoms with Gasteiger partial charge in [-0.05, 0) is 45.1 Å². The summed E-state index contributed by atoms with van der Waals surface area (Å²) in [5.41, 5.74) is -0.365. The molecule has 3 heterocycles. The first-order chi connectivity index (χ1) is 13.3. The Balaban J connectivity index is 1.52. The first-order valence-electron chi connectivity index (χ1n) is 10.2. The number of aliphatic hydroxyl groups is 1. The number of β-amino-alcohol motifs (C(OH)–C–C–N with tert-alkyl or cyclic N) is 1. The van der Waals surface area contributed by atoms with E-state index in [9.17, 15) is 14.7 Å². The Hall–Kier alpha value is -2.06. The summed E-state index contributed by atoms with van der Waals surface area (Å²) in [5.74, 6) is 0.509. The summed E-state index contributed by atoms with van der Waals surface area (Å²) in [5, 5.41) is 14.1. The van der Waals surface area contributed by atoms with Gasteiger partial charge >= 0.3 is 0 Å². The lowest BCUT2D eigenvalue weighted by Gasteiger charge is -2.38. The summed E-state index contributed by atoms with van der Waals surface area (Å²) in [6, 6.07) is 1.88. The maximum Gasteiger partial charge on any atom is 0.272 e. The third kappa shape index (κ3) is 5.48. The molecule has 154 valence electrons. The summed E-state index contributed by atoms with van der Waals surface area (Å²) in [6.07, 6.45) is 5.45. The molecule has 0 aromatic carbocycles. The van der Waals surface area contributed by atoms with Crippen molar-refractivity contribution >= 4 is 11.8 Å². The van der Waals surface area contributed by atoms with Gasteiger partial charge in [0.15, 0.2) is 0 Å². The van der Waals surface area contributed by atoms with Gasteiger partial charge < -0.3 is 20.2 Å². The maximum atomic E-state index is 12.7. The number of carbonyl (C=O) groups excluding carboxylic acids is 2. The second kappa shape index (κ2) is 8.96. The zero-order valence-electron chi connectivity index (χ0n) is 16.9. The Labute approximate surface area is 166 Å². The van der Waals surface area contributed by atoms with Crippen LogP contribution in [0.2, 0.25) is 0 Å². The number of nitrogens with one attached hydrogen (secondary N) is 1. The fraction of sp³-hybridized carbons (Fsp3) is 0.700. The molecule has 3 rings (SSSR count). The molecule has 0 unspecified atom stereocenters. The Morgan fingerprint density at radius 1 is 1.25 bits per heavy atom. The van der Waals surface area contributed by atoms with Gasteiger partial charge in [-0.15, -0.1) is 0 Å². The number of hydrogen-bond acceptors (Lipinski definition) is 6. The molecule has 1 aromatic rings. The van der Waals surface area contributed by atoms with Crippen molar-refractivity contribution in [2.75, 3.05) is 32.7 Å². The van der Waals surface area contributed by atoms with E-state index >= 15 is 0 Å². The van der Waals surface area contributed by atoms with Crippen LogP contribution in [0.1, 0.15) is 55.3 Å². The molecule has 2 aliphatic rings. The van der Waals surface area contributed by atoms with Gasteiger partial charge in [0.1, 0.15) is 11.5 Å². The molecule has 2 aliphatic heterocycles. The molecule has 8 nitrogen and oxygen atoms in total. The molecule has 2 N–H and O–H groups in total. The van der Waals surface area contributed by atoms with E-state index in [0.717, 1.165) is 32.4 Å². The molecule has 2 saturated heterocycles. The molecule has 2 fully saturated rings. The number of piperidine rings is 1. The van der Waals surface area contributed by atoms with Gasteiger partial charge in [0.05, 0.1) is 5.60 Å². The predicted octanol–water partition coefficient (Wildman–Crippen LogP) is 0.743. The molecule has 0 saturated carbocycles. The van der Waals surface area contributed by atoms with Gasteiger partial charge in [-0.3, -0.25) is 9.59 Å². The van der Waals surface area contributed by atoms with Gasteiger partial charge in [-0.25, -0.2) is 9.97 Å². The standard InChI is InChI=1S/C20H31N5O3/c1-15-21-9-4-18(22-15)19(27)25-10-3-7-20(28,8-13-25)14-24-11-5-17(6-12-24)23-16(2)26/h4,9,17,28H,3,5-8,10-14H2,1-2H3,(H,23,26)/t20-/m0/s1. The van der Waals surface area contributed by atoms with Crippen LogP contribution in [0.4, 0.5) is 0 Å². The van der Waals surface area contributed by atoms with Gasteiger partial charge in [0, 0.05) is 51.9 Å². The molecule has 28 heavy (non-hydrogen) atoms. The number of aromatic nitrogens is 2. The number of nitrogens with zero attached hydrogens (tertiary/aromatic N) is 4. The van der Waals surface area contributed by atoms with Crippen LogP contribution in [0.15, 0.2) is 12.3 Å². The quantitative estimate of drug-likeness (QED) is 0.788. The minimum atomic E-state index is -0.780. The zero-order chi connectivity index (χ0) is 20.1. The van der Waals surface area contributed by atoms with Crippen LogP contribution < -0.4 is 5.32 Å². The van der Waals surface area contributed by atoms with Crippen LogP contribution >= 0.6 is 0 Å². The minimum Gasteiger partial charge on any atom is -0.388 e. The highest BCUT2D eigenvalue weighted by Gasteiger charge is 2.34. The fourth-order valence-corrected chi connectivity index (χ4v) is 4.22. The van der Waals surface area contributed by atoms with E-state index in [0.29, 0.717) is 44.0 Å². The van der Waals surface area contributed by atoms with Crippen molar-refractivity contribution < 1.29 is 14.7 Å². The molecule has 1 atom stereocenters. The topological polar surface area (TPSA) is 98.7 Å². The first-order valence-corrected chi connectivity index (χ1v) is 10.2. The van der Waals surface area contributed by atoms with E-state index in [2.05, 4.69) is 20.2 Å². The maximum absolute atomic E-state index is 12.7. The lowest BCUT2D eigenvalue weighted by Crippen LogP contribution is -2.50. The van der Waals surface area contributed by atoms with E-state index in [4.69, 9.17) is 0 Å². The number of hydrogen-bond donors (Lipinski definition) is 2. The number of aryl methyl sites for hydroxylation is 1. The summed E-state index contributed by atoms with van der Waals surface area (Å²) >= 11 is 0. The van der Waals surface area contributed by atoms with Gasteiger partial charge in [-0.2, -0.15) is 0 Å². The average molecular weight is 390 g/mol. The number of amides is 2. The van der Waals surface area contributed by atoms with E-state index in [1.807, 2.05) is 0 Å². The van der Waals surface area contributed by atoms with Gasteiger partial charge in [-0.1, -0.05) is 0 Å². The van der Waals surface area contributed by atoms with E-state index < -0.39 is 5.60 Å². The largest absolute Gasteiger partial charge is 0.388 e. The highest BCUT2D eigenvalue weighted by atomic mass is 16.3. The molecule has 1 aromatic heterocycles. The predicted molar refractivity (Wildman–Crippen MR) is 105 cm³/mol. The highest BCUT2D eigenvalue weighted by molar-refractivity contribution is 5.92. The molecule has 0 radical (unpaired) electrons. The monoisotopic (exact) mass is 389 g/mol. The molecule has 8 heteroatoms. The van der Waals surface area contributed by atoms with Crippen LogP contribution in [0, 0.1) is 6.92 Å². The molecule has 2 amide bonds. The van der Waals surface area contributed by atoms with Crippen LogP contribution in [0.3, 0.4) is 0 Å². The number of carbonyl (C=O) groups is 2. The highest BCUT2D eigenvalue weighted by Crippen LogP contribution is 2.25. The normalized spacial score (nSPS) is 24.6. The molecular weight excluding hydrogens is 358 g/mol. The molecular formula is C20H31N5O3. The summed E-state index contributed by atoms with van der Waals surface area (Å²) < 4.78 is 0. The minimum absolute atomic E-state index is 0.0180. The van der Waals surface area contributed by atoms with Crippen LogP contribution in [-0.4, -0.2) is 81.1 Å². The van der Waals surface area contributed by atoms with E-state index in [-0.39, 0.29) is 17.9 Å². The Kier molecular flexibility index (Phi) is 6.61. The second-order valence-corrected chi connectivity index (χ2v) is 8.11. The average Bonchev–Trinajstić information content (AvgIpc) is 2.84. The number of rotatable bonds is 4. The lowest BCUT2D eigenvalue weighted by atomic mass is 9.93. The van der Waals surface area contributed by atoms with Crippen molar-refractivity contribution in [1.82, 2.24) is 25.1 Å². The van der Waals surface area contributed by atoms with Crippen molar-refractivity contribution in [2.45, 2.75) is 57.6 Å². The van der Waals surface area contributed by atoms with Crippen molar-refractivity contribution in [3.63, 3.8) is 0 Å². The molecule has 0 aliphatic carbocycles. The van der Waals surface area contributed by atoms with Crippen molar-refractivity contribution in [1.29, 1.82) is 0 Å². The Bertz CT molecular complexity index is 705. The van der Waals surface area contributed by atoms with E-state index in [1.54, 1.807) is 31.0 Å². The summed E-state index contributed by atoms with van der Waals surface area (Å²) in [7, 11) is 0. The van der Waals surface area contributed by atoms with Crippen molar-refractivity contribution in [3.8, 4) is 0 Å². The third-order valence-corrected chi connectivity index (χ3v) is 5.71. The molecule has 0 spiro atoms. The van der Waals surface area contributed by atoms with Gasteiger partial charge in [0.25, 0.3) is 5.91 Å². The van der Waals surface area contributed by atoms with Crippen molar-refractivity contribution in [2.24, 2.45) is 0 Å². The van der Waals surface area contributed by atoms with Crippen LogP contribution in [0.25, 0.3) is 0 Å². The first kappa shape index (κ1) is 20.7. The summed E-state index contributed by atoms with van der Waals surface area (Å²) in [6.45, 7) is 6.85. The van der Waals surface area contributed by atoms with Crippen LogP contribution in [0.5, 0.6) is 0 Å². The summed E-state index contributed by atoms with van der Waals surface area (Å²) in [4.78, 5) is 36.3. The van der Waals surface area contributed by atoms with Gasteiger partial charge in [0.2, 0.25) is 5.91 Å². The third-order valence-electron chi connectivity index (χ3n) is 5.71. The Morgan fingerprint density at radius 3 is 2.68 bits per heavy atom. The van der Waals surface area contributed by atoms with Crippen molar-refractivity contribution in [3.05, 3.63) is 23.8 Å². The molecule has 0 bridgehead atoms.